The Morgan fingerprint density at radius 3 is 2.24 bits per heavy atom. The average molecular weight is 466 g/mol. The Kier molecular flexibility index (Phi) is 7.21. The summed E-state index contributed by atoms with van der Waals surface area (Å²) in [6, 6.07) is 14.5. The maximum atomic E-state index is 13.2. The molecule has 2 saturated heterocycles. The highest BCUT2D eigenvalue weighted by molar-refractivity contribution is 5.79. The van der Waals surface area contributed by atoms with Crippen LogP contribution in [0.2, 0.25) is 0 Å². The van der Waals surface area contributed by atoms with Crippen LogP contribution in [0.1, 0.15) is 30.9 Å². The third-order valence-corrected chi connectivity index (χ3v) is 7.10. The Balaban J connectivity index is 1.04. The second kappa shape index (κ2) is 10.7. The lowest BCUT2D eigenvalue weighted by Crippen LogP contribution is -2.51. The number of rotatable bonds is 7. The Morgan fingerprint density at radius 1 is 0.853 bits per heavy atom. The van der Waals surface area contributed by atoms with E-state index in [9.17, 15) is 4.79 Å². The lowest BCUT2D eigenvalue weighted by Gasteiger charge is -2.38. The van der Waals surface area contributed by atoms with E-state index < -0.39 is 0 Å². The number of carbonyl (C=O) groups excluding carboxylic acids is 1. The molecule has 7 nitrogen and oxygen atoms in total. The van der Waals surface area contributed by atoms with Gasteiger partial charge in [-0.15, -0.1) is 0 Å². The number of fused-ring (bicyclic) bond motifs is 1. The lowest BCUT2D eigenvalue weighted by molar-refractivity contribution is -0.139. The number of likely N-dealkylation sites (tertiary alicyclic amines) is 1. The zero-order valence-corrected chi connectivity index (χ0v) is 20.1. The summed E-state index contributed by atoms with van der Waals surface area (Å²) in [6.07, 6.45) is 1.90. The number of hydrogen-bond donors (Lipinski definition) is 0. The van der Waals surface area contributed by atoms with Gasteiger partial charge in [0.25, 0.3) is 0 Å². The summed E-state index contributed by atoms with van der Waals surface area (Å²) in [5, 5.41) is 0. The van der Waals surface area contributed by atoms with Crippen LogP contribution >= 0.6 is 0 Å². The fraction of sp³-hybridized carbons (Fsp3) is 0.519. The van der Waals surface area contributed by atoms with Crippen LogP contribution in [0.5, 0.6) is 17.2 Å². The van der Waals surface area contributed by atoms with Crippen molar-refractivity contribution in [3.8, 4) is 17.2 Å². The first-order valence-corrected chi connectivity index (χ1v) is 12.5. The van der Waals surface area contributed by atoms with Gasteiger partial charge in [0.15, 0.2) is 11.5 Å². The molecule has 3 heterocycles. The van der Waals surface area contributed by atoms with Crippen molar-refractivity contribution >= 4 is 5.91 Å². The minimum absolute atomic E-state index is 0.164. The smallest absolute Gasteiger partial charge is 0.231 e. The number of nitrogens with zero attached hydrogens (tertiary/aromatic N) is 3. The van der Waals surface area contributed by atoms with Crippen LogP contribution in [0.3, 0.4) is 0 Å². The zero-order valence-electron chi connectivity index (χ0n) is 20.1. The van der Waals surface area contributed by atoms with Crippen LogP contribution in [0.25, 0.3) is 0 Å². The van der Waals surface area contributed by atoms with Crippen LogP contribution in [0, 0.1) is 5.92 Å². The highest BCUT2D eigenvalue weighted by Gasteiger charge is 2.30. The van der Waals surface area contributed by atoms with Crippen molar-refractivity contribution in [2.75, 3.05) is 52.7 Å². The number of hydrogen-bond acceptors (Lipinski definition) is 6. The molecule has 7 heteroatoms. The van der Waals surface area contributed by atoms with Gasteiger partial charge in [-0.05, 0) is 68.2 Å². The summed E-state index contributed by atoms with van der Waals surface area (Å²) in [4.78, 5) is 20.1. The fourth-order valence-corrected chi connectivity index (χ4v) is 5.14. The number of benzene rings is 2. The van der Waals surface area contributed by atoms with Crippen LogP contribution in [-0.2, 0) is 17.9 Å². The van der Waals surface area contributed by atoms with Crippen molar-refractivity contribution in [2.45, 2.75) is 32.9 Å². The standard InChI is InChI=1S/C27H35N3O4/c1-2-32-24-6-3-21(4-7-24)18-28-11-9-23(10-12-28)27(31)30-15-13-29(14-16-30)19-22-5-8-25-26(17-22)34-20-33-25/h3-8,17,23H,2,9-16,18-20H2,1H3. The van der Waals surface area contributed by atoms with Gasteiger partial charge >= 0.3 is 0 Å². The molecular weight excluding hydrogens is 430 g/mol. The van der Waals surface area contributed by atoms with Crippen molar-refractivity contribution < 1.29 is 19.0 Å². The maximum Gasteiger partial charge on any atom is 0.231 e. The predicted molar refractivity (Wildman–Crippen MR) is 130 cm³/mol. The molecule has 0 aliphatic carbocycles. The Bertz CT molecular complexity index is 964. The molecule has 34 heavy (non-hydrogen) atoms. The summed E-state index contributed by atoms with van der Waals surface area (Å²) < 4.78 is 16.4. The Hall–Kier alpha value is -2.77. The molecule has 0 radical (unpaired) electrons. The Morgan fingerprint density at radius 2 is 1.50 bits per heavy atom. The summed E-state index contributed by atoms with van der Waals surface area (Å²) >= 11 is 0. The quantitative estimate of drug-likeness (QED) is 0.625. The normalized spacial score (nSPS) is 19.4. The van der Waals surface area contributed by atoms with Crippen molar-refractivity contribution in [1.29, 1.82) is 0 Å². The monoisotopic (exact) mass is 465 g/mol. The molecule has 0 spiro atoms. The highest BCUT2D eigenvalue weighted by Crippen LogP contribution is 2.33. The van der Waals surface area contributed by atoms with Gasteiger partial charge in [0.05, 0.1) is 6.61 Å². The first kappa shape index (κ1) is 23.0. The second-order valence-corrected chi connectivity index (χ2v) is 9.42. The first-order valence-electron chi connectivity index (χ1n) is 12.5. The maximum absolute atomic E-state index is 13.2. The summed E-state index contributed by atoms with van der Waals surface area (Å²) in [5.74, 6) is 3.09. The van der Waals surface area contributed by atoms with Gasteiger partial charge in [0.1, 0.15) is 5.75 Å². The number of ether oxygens (including phenoxy) is 3. The predicted octanol–water partition coefficient (Wildman–Crippen LogP) is 3.37. The molecule has 3 aliphatic heterocycles. The summed E-state index contributed by atoms with van der Waals surface area (Å²) in [5.41, 5.74) is 2.52. The highest BCUT2D eigenvalue weighted by atomic mass is 16.7. The third kappa shape index (κ3) is 5.47. The van der Waals surface area contributed by atoms with Crippen molar-refractivity contribution in [1.82, 2.24) is 14.7 Å². The Labute approximate surface area is 202 Å². The van der Waals surface area contributed by atoms with E-state index in [-0.39, 0.29) is 5.92 Å². The summed E-state index contributed by atoms with van der Waals surface area (Å²) in [6.45, 7) is 10.2. The second-order valence-electron chi connectivity index (χ2n) is 9.42. The molecule has 0 atom stereocenters. The van der Waals surface area contributed by atoms with Gasteiger partial charge < -0.3 is 19.1 Å². The van der Waals surface area contributed by atoms with Crippen LogP contribution in [0.4, 0.5) is 0 Å². The molecule has 0 unspecified atom stereocenters. The molecular formula is C27H35N3O4. The van der Waals surface area contributed by atoms with Gasteiger partial charge in [0, 0.05) is 45.2 Å². The van der Waals surface area contributed by atoms with Gasteiger partial charge in [-0.2, -0.15) is 0 Å². The first-order chi connectivity index (χ1) is 16.7. The molecule has 0 saturated carbocycles. The minimum atomic E-state index is 0.164. The SMILES string of the molecule is CCOc1ccc(CN2CCC(C(=O)N3CCN(Cc4ccc5c(c4)OCO5)CC3)CC2)cc1. The molecule has 0 N–H and O–H groups in total. The topological polar surface area (TPSA) is 54.5 Å². The largest absolute Gasteiger partial charge is 0.494 e. The molecule has 3 aliphatic rings. The van der Waals surface area contributed by atoms with E-state index in [0.29, 0.717) is 19.3 Å². The number of piperidine rings is 1. The molecule has 2 aromatic carbocycles. The van der Waals surface area contributed by atoms with E-state index in [0.717, 1.165) is 82.4 Å². The van der Waals surface area contributed by atoms with E-state index in [1.165, 1.54) is 11.1 Å². The van der Waals surface area contributed by atoms with Gasteiger partial charge in [0.2, 0.25) is 12.7 Å². The molecule has 0 aromatic heterocycles. The van der Waals surface area contributed by atoms with Crippen LogP contribution in [-0.4, -0.2) is 73.3 Å². The lowest BCUT2D eigenvalue weighted by atomic mass is 9.94. The molecule has 2 fully saturated rings. The molecule has 182 valence electrons. The van der Waals surface area contributed by atoms with Crippen LogP contribution < -0.4 is 14.2 Å². The van der Waals surface area contributed by atoms with Gasteiger partial charge in [-0.3, -0.25) is 14.6 Å². The van der Waals surface area contributed by atoms with Crippen molar-refractivity contribution in [3.63, 3.8) is 0 Å². The number of amides is 1. The molecule has 5 rings (SSSR count). The van der Waals surface area contributed by atoms with E-state index in [4.69, 9.17) is 14.2 Å². The average Bonchev–Trinajstić information content (AvgIpc) is 3.34. The van der Waals surface area contributed by atoms with Crippen molar-refractivity contribution in [3.05, 3.63) is 53.6 Å². The van der Waals surface area contributed by atoms with E-state index >= 15 is 0 Å². The minimum Gasteiger partial charge on any atom is -0.494 e. The third-order valence-electron chi connectivity index (χ3n) is 7.10. The van der Waals surface area contributed by atoms with Gasteiger partial charge in [-0.25, -0.2) is 0 Å². The van der Waals surface area contributed by atoms with E-state index in [1.54, 1.807) is 0 Å². The van der Waals surface area contributed by atoms with Crippen LogP contribution in [0.15, 0.2) is 42.5 Å². The summed E-state index contributed by atoms with van der Waals surface area (Å²) in [7, 11) is 0. The molecule has 1 amide bonds. The number of piperazine rings is 1. The fourth-order valence-electron chi connectivity index (χ4n) is 5.14. The van der Waals surface area contributed by atoms with Crippen molar-refractivity contribution in [2.24, 2.45) is 5.92 Å². The van der Waals surface area contributed by atoms with Gasteiger partial charge in [-0.1, -0.05) is 18.2 Å². The molecule has 0 bridgehead atoms. The zero-order chi connectivity index (χ0) is 23.3. The number of carbonyl (C=O) groups is 1. The van der Waals surface area contributed by atoms with E-state index in [1.807, 2.05) is 25.1 Å². The molecule has 2 aromatic rings. The van der Waals surface area contributed by atoms with E-state index in [2.05, 4.69) is 39.0 Å².